The number of carbonyl (C=O) groups excluding carboxylic acids is 1. The van der Waals surface area contributed by atoms with Crippen LogP contribution in [0.2, 0.25) is 0 Å². The molecule has 3 aromatic rings. The Kier molecular flexibility index (Phi) is 5.20. The van der Waals surface area contributed by atoms with Crippen LogP contribution in [0.5, 0.6) is 0 Å². The number of hydrogen-bond donors (Lipinski definition) is 1. The standard InChI is InChI=1S/C26H25F3N2O/c1-16(20-14-31(15-20)22-10-11-22)30-25(32)19-7-12-24-18(13-19)3-2-4-23(24)17-5-8-21(9-6-17)26(27,28)29/h2-9,12-13,16,20,22H,10-11,14-15H2,1H3,(H,30,32). The minimum absolute atomic E-state index is 0.0933. The lowest BCUT2D eigenvalue weighted by Crippen LogP contribution is -2.56. The summed E-state index contributed by atoms with van der Waals surface area (Å²) in [7, 11) is 0. The lowest BCUT2D eigenvalue weighted by molar-refractivity contribution is -0.137. The molecule has 1 saturated heterocycles. The van der Waals surface area contributed by atoms with Gasteiger partial charge in [-0.25, -0.2) is 0 Å². The van der Waals surface area contributed by atoms with Crippen molar-refractivity contribution in [3.63, 3.8) is 0 Å². The average Bonchev–Trinajstić information content (AvgIpc) is 3.56. The molecule has 5 rings (SSSR count). The lowest BCUT2D eigenvalue weighted by Gasteiger charge is -2.42. The molecule has 32 heavy (non-hydrogen) atoms. The zero-order valence-corrected chi connectivity index (χ0v) is 17.8. The third-order valence-corrected chi connectivity index (χ3v) is 6.73. The second kappa shape index (κ2) is 7.93. The highest BCUT2D eigenvalue weighted by molar-refractivity contribution is 6.02. The molecule has 166 valence electrons. The van der Waals surface area contributed by atoms with Crippen molar-refractivity contribution < 1.29 is 18.0 Å². The molecule has 0 aromatic heterocycles. The lowest BCUT2D eigenvalue weighted by atomic mass is 9.92. The topological polar surface area (TPSA) is 32.3 Å². The Bertz CT molecular complexity index is 1150. The first-order chi connectivity index (χ1) is 15.3. The summed E-state index contributed by atoms with van der Waals surface area (Å²) in [6.45, 7) is 4.18. The van der Waals surface area contributed by atoms with E-state index >= 15 is 0 Å². The van der Waals surface area contributed by atoms with Gasteiger partial charge in [-0.05, 0) is 65.9 Å². The van der Waals surface area contributed by atoms with E-state index in [1.165, 1.54) is 25.0 Å². The quantitative estimate of drug-likeness (QED) is 0.551. The molecule has 1 atom stereocenters. The van der Waals surface area contributed by atoms with E-state index in [-0.39, 0.29) is 11.9 Å². The Morgan fingerprint density at radius 2 is 1.75 bits per heavy atom. The number of carbonyl (C=O) groups is 1. The van der Waals surface area contributed by atoms with Gasteiger partial charge in [-0.3, -0.25) is 9.69 Å². The minimum Gasteiger partial charge on any atom is -0.349 e. The van der Waals surface area contributed by atoms with E-state index in [2.05, 4.69) is 17.1 Å². The van der Waals surface area contributed by atoms with Crippen LogP contribution in [0.3, 0.4) is 0 Å². The summed E-state index contributed by atoms with van der Waals surface area (Å²) in [5.74, 6) is 0.399. The van der Waals surface area contributed by atoms with Crippen molar-refractivity contribution >= 4 is 16.7 Å². The van der Waals surface area contributed by atoms with Gasteiger partial charge in [0.2, 0.25) is 0 Å². The van der Waals surface area contributed by atoms with Gasteiger partial charge in [-0.15, -0.1) is 0 Å². The molecule has 6 heteroatoms. The highest BCUT2D eigenvalue weighted by atomic mass is 19.4. The number of alkyl halides is 3. The molecule has 1 aliphatic heterocycles. The van der Waals surface area contributed by atoms with E-state index in [9.17, 15) is 18.0 Å². The van der Waals surface area contributed by atoms with Gasteiger partial charge in [0, 0.05) is 36.7 Å². The maximum absolute atomic E-state index is 12.9. The van der Waals surface area contributed by atoms with Crippen molar-refractivity contribution in [2.75, 3.05) is 13.1 Å². The Morgan fingerprint density at radius 1 is 1.03 bits per heavy atom. The summed E-state index contributed by atoms with van der Waals surface area (Å²) >= 11 is 0. The highest BCUT2D eigenvalue weighted by Gasteiger charge is 2.40. The van der Waals surface area contributed by atoms with E-state index in [0.29, 0.717) is 17.0 Å². The smallest absolute Gasteiger partial charge is 0.349 e. The van der Waals surface area contributed by atoms with Gasteiger partial charge in [0.05, 0.1) is 5.56 Å². The number of rotatable bonds is 5. The van der Waals surface area contributed by atoms with Crippen LogP contribution in [0.4, 0.5) is 13.2 Å². The predicted molar refractivity (Wildman–Crippen MR) is 119 cm³/mol. The van der Waals surface area contributed by atoms with Crippen LogP contribution < -0.4 is 5.32 Å². The summed E-state index contributed by atoms with van der Waals surface area (Å²) in [5, 5.41) is 4.92. The van der Waals surface area contributed by atoms with Crippen LogP contribution in [-0.4, -0.2) is 36.0 Å². The molecule has 1 N–H and O–H groups in total. The maximum Gasteiger partial charge on any atom is 0.416 e. The fourth-order valence-corrected chi connectivity index (χ4v) is 4.53. The van der Waals surface area contributed by atoms with Crippen molar-refractivity contribution in [1.82, 2.24) is 10.2 Å². The van der Waals surface area contributed by atoms with Crippen LogP contribution >= 0.6 is 0 Å². The molecule has 1 unspecified atom stereocenters. The van der Waals surface area contributed by atoms with E-state index in [1.807, 2.05) is 30.3 Å². The average molecular weight is 438 g/mol. The fourth-order valence-electron chi connectivity index (χ4n) is 4.53. The Morgan fingerprint density at radius 3 is 2.41 bits per heavy atom. The molecule has 2 aliphatic rings. The van der Waals surface area contributed by atoms with Gasteiger partial charge in [0.1, 0.15) is 0 Å². The largest absolute Gasteiger partial charge is 0.416 e. The number of benzene rings is 3. The number of nitrogens with zero attached hydrogens (tertiary/aromatic N) is 1. The summed E-state index contributed by atoms with van der Waals surface area (Å²) in [5.41, 5.74) is 1.47. The van der Waals surface area contributed by atoms with Gasteiger partial charge in [-0.2, -0.15) is 13.2 Å². The number of likely N-dealkylation sites (tertiary alicyclic amines) is 1. The van der Waals surface area contributed by atoms with Crippen molar-refractivity contribution in [1.29, 1.82) is 0 Å². The van der Waals surface area contributed by atoms with Gasteiger partial charge < -0.3 is 5.32 Å². The highest BCUT2D eigenvalue weighted by Crippen LogP contribution is 2.35. The Hall–Kier alpha value is -2.86. The van der Waals surface area contributed by atoms with Crippen LogP contribution in [0, 0.1) is 5.92 Å². The maximum atomic E-state index is 12.9. The second-order valence-corrected chi connectivity index (χ2v) is 9.02. The van der Waals surface area contributed by atoms with E-state index in [0.717, 1.165) is 47.6 Å². The summed E-state index contributed by atoms with van der Waals surface area (Å²) < 4.78 is 38.6. The molecule has 0 radical (unpaired) electrons. The monoisotopic (exact) mass is 438 g/mol. The second-order valence-electron chi connectivity index (χ2n) is 9.02. The van der Waals surface area contributed by atoms with Crippen molar-refractivity contribution in [3.05, 3.63) is 71.8 Å². The molecule has 3 nitrogen and oxygen atoms in total. The number of hydrogen-bond acceptors (Lipinski definition) is 2. The normalized spacial score (nSPS) is 18.4. The molecule has 1 amide bonds. The van der Waals surface area contributed by atoms with Crippen LogP contribution in [0.15, 0.2) is 60.7 Å². The van der Waals surface area contributed by atoms with Gasteiger partial charge in [0.25, 0.3) is 5.91 Å². The first kappa shape index (κ1) is 21.0. The molecule has 1 saturated carbocycles. The van der Waals surface area contributed by atoms with E-state index in [4.69, 9.17) is 0 Å². The third kappa shape index (κ3) is 4.11. The van der Waals surface area contributed by atoms with Gasteiger partial charge in [0.15, 0.2) is 0 Å². The molecule has 2 fully saturated rings. The Labute approximate surface area is 185 Å². The number of nitrogens with one attached hydrogen (secondary N) is 1. The predicted octanol–water partition coefficient (Wildman–Crippen LogP) is 5.74. The van der Waals surface area contributed by atoms with Crippen molar-refractivity contribution in [2.24, 2.45) is 5.92 Å². The molecule has 3 aromatic carbocycles. The third-order valence-electron chi connectivity index (χ3n) is 6.73. The molecule has 1 aliphatic carbocycles. The number of halogens is 3. The van der Waals surface area contributed by atoms with E-state index in [1.54, 1.807) is 6.07 Å². The zero-order valence-electron chi connectivity index (χ0n) is 17.8. The van der Waals surface area contributed by atoms with Crippen LogP contribution in [0.25, 0.3) is 21.9 Å². The van der Waals surface area contributed by atoms with Crippen LogP contribution in [0.1, 0.15) is 35.7 Å². The molecular weight excluding hydrogens is 413 g/mol. The first-order valence-corrected chi connectivity index (χ1v) is 11.0. The van der Waals surface area contributed by atoms with Crippen LogP contribution in [-0.2, 0) is 6.18 Å². The van der Waals surface area contributed by atoms with Crippen molar-refractivity contribution in [2.45, 2.75) is 38.0 Å². The first-order valence-electron chi connectivity index (χ1n) is 11.0. The van der Waals surface area contributed by atoms with Gasteiger partial charge >= 0.3 is 6.18 Å². The summed E-state index contributed by atoms with van der Waals surface area (Å²) in [6.07, 6.45) is -1.75. The molecule has 1 heterocycles. The zero-order chi connectivity index (χ0) is 22.5. The van der Waals surface area contributed by atoms with Crippen molar-refractivity contribution in [3.8, 4) is 11.1 Å². The SMILES string of the molecule is CC(NC(=O)c1ccc2c(-c3ccc(C(F)(F)F)cc3)cccc2c1)C1CN(C2CC2)C1. The molecular formula is C26H25F3N2O. The van der Waals surface area contributed by atoms with E-state index < -0.39 is 11.7 Å². The summed E-state index contributed by atoms with van der Waals surface area (Å²) in [4.78, 5) is 15.3. The molecule has 0 bridgehead atoms. The number of amides is 1. The summed E-state index contributed by atoms with van der Waals surface area (Å²) in [6, 6.07) is 17.2. The minimum atomic E-state index is -4.35. The van der Waals surface area contributed by atoms with Gasteiger partial charge in [-0.1, -0.05) is 36.4 Å². The Balaban J connectivity index is 1.33. The fraction of sp³-hybridized carbons (Fsp3) is 0.346. The molecule has 0 spiro atoms. The number of fused-ring (bicyclic) bond motifs is 1.